The van der Waals surface area contributed by atoms with Crippen molar-refractivity contribution in [3.8, 4) is 11.3 Å². The summed E-state index contributed by atoms with van der Waals surface area (Å²) >= 11 is 3.59. The van der Waals surface area contributed by atoms with Crippen LogP contribution < -0.4 is 5.32 Å². The summed E-state index contributed by atoms with van der Waals surface area (Å²) in [6.45, 7) is 2.96. The fraction of sp³-hybridized carbons (Fsp3) is 0.310. The van der Waals surface area contributed by atoms with Crippen LogP contribution in [-0.4, -0.2) is 39.1 Å². The summed E-state index contributed by atoms with van der Waals surface area (Å²) in [5.74, 6) is 1.23. The Balaban J connectivity index is 1.19. The highest BCUT2D eigenvalue weighted by atomic mass is 79.9. The van der Waals surface area contributed by atoms with Crippen LogP contribution in [0.1, 0.15) is 36.0 Å². The summed E-state index contributed by atoms with van der Waals surface area (Å²) in [6.07, 6.45) is 2.74. The highest BCUT2D eigenvalue weighted by Crippen LogP contribution is 2.38. The number of hydrogen-bond donors (Lipinski definition) is 1. The van der Waals surface area contributed by atoms with Gasteiger partial charge in [-0.05, 0) is 70.4 Å². The van der Waals surface area contributed by atoms with Gasteiger partial charge in [-0.25, -0.2) is 4.98 Å². The molecule has 1 aliphatic heterocycles. The number of benzene rings is 2. The molecule has 38 heavy (non-hydrogen) atoms. The molecule has 0 amide bonds. The molecule has 5 nitrogen and oxygen atoms in total. The van der Waals surface area contributed by atoms with Crippen molar-refractivity contribution in [1.29, 1.82) is 0 Å². The molecule has 1 aliphatic carbocycles. The van der Waals surface area contributed by atoms with Gasteiger partial charge < -0.3 is 5.32 Å². The minimum atomic E-state index is -4.32. The first kappa shape index (κ1) is 25.1. The third-order valence-electron chi connectivity index (χ3n) is 7.22. The third kappa shape index (κ3) is 5.35. The topological polar surface area (TPSA) is 45.5 Å². The molecule has 9 heteroatoms. The number of alkyl halides is 3. The maximum absolute atomic E-state index is 13.1. The van der Waals surface area contributed by atoms with Crippen molar-refractivity contribution in [3.63, 3.8) is 0 Å². The average Bonchev–Trinajstić information content (AvgIpc) is 3.70. The zero-order valence-corrected chi connectivity index (χ0v) is 22.3. The first-order chi connectivity index (χ1) is 18.3. The van der Waals surface area contributed by atoms with Gasteiger partial charge in [-0.2, -0.15) is 22.8 Å². The number of piperidine rings is 1. The third-order valence-corrected chi connectivity index (χ3v) is 7.78. The lowest BCUT2D eigenvalue weighted by Crippen LogP contribution is -2.37. The van der Waals surface area contributed by atoms with Crippen molar-refractivity contribution in [2.75, 3.05) is 25.0 Å². The summed E-state index contributed by atoms with van der Waals surface area (Å²) in [5.41, 5.74) is 5.39. The lowest BCUT2D eigenvalue weighted by Gasteiger charge is -2.33. The Kier molecular flexibility index (Phi) is 6.74. The van der Waals surface area contributed by atoms with E-state index in [2.05, 4.69) is 61.6 Å². The number of likely N-dealkylation sites (tertiary alicyclic amines) is 1. The van der Waals surface area contributed by atoms with Crippen LogP contribution in [0.2, 0.25) is 0 Å². The zero-order valence-electron chi connectivity index (χ0n) is 20.7. The van der Waals surface area contributed by atoms with Crippen LogP contribution >= 0.6 is 15.9 Å². The molecule has 196 valence electrons. The lowest BCUT2D eigenvalue weighted by atomic mass is 9.97. The van der Waals surface area contributed by atoms with Gasteiger partial charge in [-0.15, -0.1) is 0 Å². The summed E-state index contributed by atoms with van der Waals surface area (Å²) in [6, 6.07) is 16.0. The number of aromatic nitrogens is 3. The second-order valence-corrected chi connectivity index (χ2v) is 10.9. The van der Waals surface area contributed by atoms with Gasteiger partial charge in [0, 0.05) is 31.3 Å². The minimum absolute atomic E-state index is 0.365. The Morgan fingerprint density at radius 2 is 1.87 bits per heavy atom. The predicted molar refractivity (Wildman–Crippen MR) is 147 cm³/mol. The van der Waals surface area contributed by atoms with Crippen LogP contribution in [0.4, 0.5) is 19.0 Å². The van der Waals surface area contributed by atoms with Crippen LogP contribution in [0.5, 0.6) is 0 Å². The fourth-order valence-corrected chi connectivity index (χ4v) is 5.62. The number of fused-ring (bicyclic) bond motifs is 1. The van der Waals surface area contributed by atoms with Crippen LogP contribution in [0.3, 0.4) is 0 Å². The number of nitrogens with zero attached hydrogens (tertiary/aromatic N) is 4. The van der Waals surface area contributed by atoms with Crippen LogP contribution in [0, 0.1) is 5.92 Å². The van der Waals surface area contributed by atoms with Crippen molar-refractivity contribution in [2.45, 2.75) is 32.0 Å². The first-order valence-corrected chi connectivity index (χ1v) is 13.6. The van der Waals surface area contributed by atoms with Gasteiger partial charge in [0.1, 0.15) is 5.82 Å². The van der Waals surface area contributed by atoms with Crippen LogP contribution in [0.15, 0.2) is 71.3 Å². The Bertz CT molecular complexity index is 1510. The second kappa shape index (κ2) is 10.2. The van der Waals surface area contributed by atoms with E-state index in [9.17, 15) is 13.2 Å². The number of allylic oxidation sites excluding steroid dienone is 2. The van der Waals surface area contributed by atoms with Crippen molar-refractivity contribution in [3.05, 3.63) is 88.0 Å². The molecule has 1 saturated heterocycles. The second-order valence-electron chi connectivity index (χ2n) is 10.1. The van der Waals surface area contributed by atoms with Gasteiger partial charge in [0.2, 0.25) is 0 Å². The monoisotopic (exact) mass is 581 g/mol. The molecule has 6 rings (SSSR count). The summed E-state index contributed by atoms with van der Waals surface area (Å²) < 4.78 is 42.1. The number of hydrogen-bond acceptors (Lipinski definition) is 4. The predicted octanol–water partition coefficient (Wildman–Crippen LogP) is 7.29. The Labute approximate surface area is 227 Å². The molecule has 0 bridgehead atoms. The van der Waals surface area contributed by atoms with E-state index in [0.29, 0.717) is 18.0 Å². The van der Waals surface area contributed by atoms with Gasteiger partial charge in [-0.1, -0.05) is 48.5 Å². The van der Waals surface area contributed by atoms with E-state index in [4.69, 9.17) is 4.98 Å². The standard InChI is InChI=1S/C29H27BrF3N5/c30-25-16-35-38-27(14-26(36-28(25)38)24-9-2-1-8-23(24)21-10-11-21)34-15-20-6-4-12-37(18-20)17-19-5-3-7-22(13-19)29(31,32)33/h1-3,5,7-10,13-14,16,20,34H,4,6,11-12,15,17-18H2. The Hall–Kier alpha value is -3.17. The highest BCUT2D eigenvalue weighted by Gasteiger charge is 2.30. The highest BCUT2D eigenvalue weighted by molar-refractivity contribution is 9.10. The molecule has 1 atom stereocenters. The van der Waals surface area contributed by atoms with E-state index in [1.165, 1.54) is 23.3 Å². The van der Waals surface area contributed by atoms with Crippen molar-refractivity contribution < 1.29 is 13.2 Å². The summed E-state index contributed by atoms with van der Waals surface area (Å²) in [4.78, 5) is 7.17. The quantitative estimate of drug-likeness (QED) is 0.249. The molecule has 3 heterocycles. The molecule has 1 fully saturated rings. The lowest BCUT2D eigenvalue weighted by molar-refractivity contribution is -0.137. The van der Waals surface area contributed by atoms with Crippen molar-refractivity contribution >= 4 is 33.0 Å². The maximum Gasteiger partial charge on any atom is 0.416 e. The SMILES string of the molecule is FC(F)(F)c1cccc(CN2CCCC(CNc3cc(-c4ccccc4C4=CC4)nc4c(Br)cnn34)C2)c1. The Morgan fingerprint density at radius 1 is 1.05 bits per heavy atom. The average molecular weight is 582 g/mol. The molecule has 0 saturated carbocycles. The fourth-order valence-electron chi connectivity index (χ4n) is 5.27. The van der Waals surface area contributed by atoms with Gasteiger partial charge in [-0.3, -0.25) is 4.90 Å². The maximum atomic E-state index is 13.1. The van der Waals surface area contributed by atoms with Crippen molar-refractivity contribution in [1.82, 2.24) is 19.5 Å². The van der Waals surface area contributed by atoms with E-state index in [1.54, 1.807) is 12.3 Å². The molecule has 1 N–H and O–H groups in total. The summed E-state index contributed by atoms with van der Waals surface area (Å²) in [5, 5.41) is 8.12. The molecule has 0 radical (unpaired) electrons. The molecule has 2 aromatic carbocycles. The van der Waals surface area contributed by atoms with Gasteiger partial charge >= 0.3 is 6.18 Å². The number of rotatable bonds is 7. The van der Waals surface area contributed by atoms with Gasteiger partial charge in [0.25, 0.3) is 0 Å². The first-order valence-electron chi connectivity index (χ1n) is 12.8. The number of halogens is 4. The molecule has 2 aliphatic rings. The molecule has 0 spiro atoms. The van der Waals surface area contributed by atoms with Crippen LogP contribution in [-0.2, 0) is 12.7 Å². The molecule has 4 aromatic rings. The molecule has 2 aromatic heterocycles. The largest absolute Gasteiger partial charge is 0.416 e. The number of anilines is 1. The van der Waals surface area contributed by atoms with Crippen molar-refractivity contribution in [2.24, 2.45) is 5.92 Å². The van der Waals surface area contributed by atoms with E-state index >= 15 is 0 Å². The van der Waals surface area contributed by atoms with Gasteiger partial charge in [0.15, 0.2) is 5.65 Å². The zero-order chi connectivity index (χ0) is 26.3. The smallest absolute Gasteiger partial charge is 0.370 e. The van der Waals surface area contributed by atoms with E-state index in [-0.39, 0.29) is 0 Å². The van der Waals surface area contributed by atoms with Crippen LogP contribution in [0.25, 0.3) is 22.5 Å². The van der Waals surface area contributed by atoms with E-state index in [0.717, 1.165) is 72.2 Å². The minimum Gasteiger partial charge on any atom is -0.370 e. The number of nitrogens with one attached hydrogen (secondary N) is 1. The molecular formula is C29H27BrF3N5. The van der Waals surface area contributed by atoms with E-state index in [1.807, 2.05) is 10.6 Å². The van der Waals surface area contributed by atoms with Gasteiger partial charge in [0.05, 0.1) is 21.9 Å². The summed E-state index contributed by atoms with van der Waals surface area (Å²) in [7, 11) is 0. The molecule has 1 unspecified atom stereocenters. The normalized spacial score (nSPS) is 18.0. The van der Waals surface area contributed by atoms with E-state index < -0.39 is 11.7 Å². The Morgan fingerprint density at radius 3 is 2.66 bits per heavy atom. The molecular weight excluding hydrogens is 555 g/mol.